The second-order valence-electron chi connectivity index (χ2n) is 5.99. The summed E-state index contributed by atoms with van der Waals surface area (Å²) < 4.78 is 14.3. The fraction of sp³-hybridized carbons (Fsp3) is 0.150. The van der Waals surface area contributed by atoms with E-state index < -0.39 is 0 Å². The van der Waals surface area contributed by atoms with E-state index in [4.69, 9.17) is 0 Å². The largest absolute Gasteiger partial charge is 0.336 e. The van der Waals surface area contributed by atoms with Crippen LogP contribution in [0.5, 0.6) is 0 Å². The molecule has 3 rings (SSSR count). The minimum absolute atomic E-state index is 0.185. The summed E-state index contributed by atoms with van der Waals surface area (Å²) >= 11 is 0. The lowest BCUT2D eigenvalue weighted by Gasteiger charge is -2.17. The molecule has 0 unspecified atom stereocenters. The van der Waals surface area contributed by atoms with E-state index in [-0.39, 0.29) is 23.0 Å². The number of carbonyl (C=O) groups excluding carboxylic acids is 1. The maximum Gasteiger partial charge on any atom is 0.274 e. The van der Waals surface area contributed by atoms with E-state index in [0.717, 1.165) is 11.1 Å². The standard InChI is InChI=1S/C20H18FN3O2/c1-23(13-16-7-9-17(21)10-8-16)20(26)18-11-12-19(25)24(22-18)14-15-5-3-2-4-6-15/h2-12H,13-14H2,1H3. The molecule has 1 heterocycles. The number of benzene rings is 2. The van der Waals surface area contributed by atoms with Crippen LogP contribution in [-0.2, 0) is 13.1 Å². The van der Waals surface area contributed by atoms with Crippen molar-refractivity contribution in [1.29, 1.82) is 0 Å². The van der Waals surface area contributed by atoms with Crippen molar-refractivity contribution in [3.8, 4) is 0 Å². The van der Waals surface area contributed by atoms with Gasteiger partial charge < -0.3 is 4.90 Å². The summed E-state index contributed by atoms with van der Waals surface area (Å²) in [6, 6.07) is 18.2. The van der Waals surface area contributed by atoms with Crippen LogP contribution in [0.15, 0.2) is 71.5 Å². The number of hydrogen-bond donors (Lipinski definition) is 0. The molecule has 26 heavy (non-hydrogen) atoms. The first-order valence-corrected chi connectivity index (χ1v) is 8.15. The number of nitrogens with zero attached hydrogens (tertiary/aromatic N) is 3. The number of carbonyl (C=O) groups is 1. The molecule has 132 valence electrons. The minimum atomic E-state index is -0.322. The molecule has 0 fully saturated rings. The summed E-state index contributed by atoms with van der Waals surface area (Å²) in [7, 11) is 1.64. The molecule has 0 atom stereocenters. The van der Waals surface area contributed by atoms with Crippen molar-refractivity contribution in [2.45, 2.75) is 13.1 Å². The first-order chi connectivity index (χ1) is 12.5. The van der Waals surface area contributed by atoms with Crippen LogP contribution < -0.4 is 5.56 Å². The van der Waals surface area contributed by atoms with Gasteiger partial charge >= 0.3 is 0 Å². The van der Waals surface area contributed by atoms with Gasteiger partial charge in [-0.15, -0.1) is 0 Å². The summed E-state index contributed by atoms with van der Waals surface area (Å²) in [5.74, 6) is -0.631. The summed E-state index contributed by atoms with van der Waals surface area (Å²) in [6.45, 7) is 0.612. The number of aromatic nitrogens is 2. The van der Waals surface area contributed by atoms with Crippen LogP contribution in [-0.4, -0.2) is 27.6 Å². The lowest BCUT2D eigenvalue weighted by Crippen LogP contribution is -2.31. The van der Waals surface area contributed by atoms with E-state index in [1.807, 2.05) is 30.3 Å². The quantitative estimate of drug-likeness (QED) is 0.710. The third kappa shape index (κ3) is 4.22. The summed E-state index contributed by atoms with van der Waals surface area (Å²) in [5.41, 5.74) is 1.64. The second-order valence-corrected chi connectivity index (χ2v) is 5.99. The van der Waals surface area contributed by atoms with Crippen LogP contribution in [0.2, 0.25) is 0 Å². The Morgan fingerprint density at radius 3 is 2.38 bits per heavy atom. The summed E-state index contributed by atoms with van der Waals surface area (Å²) in [6.07, 6.45) is 0. The first kappa shape index (κ1) is 17.5. The van der Waals surface area contributed by atoms with E-state index in [1.165, 1.54) is 33.8 Å². The van der Waals surface area contributed by atoms with E-state index >= 15 is 0 Å². The van der Waals surface area contributed by atoms with Gasteiger partial charge in [0.25, 0.3) is 11.5 Å². The Balaban J connectivity index is 1.77. The summed E-state index contributed by atoms with van der Waals surface area (Å²) in [5, 5.41) is 4.20. The van der Waals surface area contributed by atoms with E-state index in [9.17, 15) is 14.0 Å². The SMILES string of the molecule is CN(Cc1ccc(F)cc1)C(=O)c1ccc(=O)n(Cc2ccccc2)n1. The van der Waals surface area contributed by atoms with Crippen molar-refractivity contribution in [3.05, 3.63) is 99.7 Å². The Labute approximate surface area is 150 Å². The summed E-state index contributed by atoms with van der Waals surface area (Å²) in [4.78, 5) is 26.1. The molecule has 0 saturated carbocycles. The zero-order valence-electron chi connectivity index (χ0n) is 14.3. The van der Waals surface area contributed by atoms with Crippen LogP contribution in [0.25, 0.3) is 0 Å². The van der Waals surface area contributed by atoms with Crippen molar-refractivity contribution in [2.75, 3.05) is 7.05 Å². The molecule has 5 nitrogen and oxygen atoms in total. The van der Waals surface area contributed by atoms with Gasteiger partial charge in [-0.3, -0.25) is 9.59 Å². The van der Waals surface area contributed by atoms with Crippen molar-refractivity contribution in [2.24, 2.45) is 0 Å². The Kier molecular flexibility index (Phi) is 5.22. The lowest BCUT2D eigenvalue weighted by molar-refractivity contribution is 0.0776. The normalized spacial score (nSPS) is 10.5. The van der Waals surface area contributed by atoms with Gasteiger partial charge in [-0.2, -0.15) is 5.10 Å². The smallest absolute Gasteiger partial charge is 0.274 e. The van der Waals surface area contributed by atoms with Crippen LogP contribution in [0.1, 0.15) is 21.6 Å². The molecule has 0 radical (unpaired) electrons. The highest BCUT2D eigenvalue weighted by Crippen LogP contribution is 2.08. The second kappa shape index (κ2) is 7.74. The molecular formula is C20H18FN3O2. The van der Waals surface area contributed by atoms with Gasteiger partial charge in [0.1, 0.15) is 11.5 Å². The Bertz CT molecular complexity index is 953. The maximum absolute atomic E-state index is 13.0. The van der Waals surface area contributed by atoms with Crippen molar-refractivity contribution in [3.63, 3.8) is 0 Å². The Morgan fingerprint density at radius 1 is 1.00 bits per heavy atom. The highest BCUT2D eigenvalue weighted by atomic mass is 19.1. The van der Waals surface area contributed by atoms with Gasteiger partial charge in [-0.1, -0.05) is 42.5 Å². The maximum atomic E-state index is 13.0. The average Bonchev–Trinajstić information content (AvgIpc) is 2.65. The van der Waals surface area contributed by atoms with Gasteiger partial charge in [0.15, 0.2) is 0 Å². The van der Waals surface area contributed by atoms with E-state index in [2.05, 4.69) is 5.10 Å². The fourth-order valence-electron chi connectivity index (χ4n) is 2.56. The molecule has 0 aliphatic heterocycles. The topological polar surface area (TPSA) is 55.2 Å². The minimum Gasteiger partial charge on any atom is -0.336 e. The molecule has 0 saturated heterocycles. The van der Waals surface area contributed by atoms with Crippen molar-refractivity contribution in [1.82, 2.24) is 14.7 Å². The fourth-order valence-corrected chi connectivity index (χ4v) is 2.56. The predicted molar refractivity (Wildman–Crippen MR) is 96.2 cm³/mol. The Hall–Kier alpha value is -3.28. The van der Waals surface area contributed by atoms with Crippen LogP contribution in [0.3, 0.4) is 0 Å². The number of halogens is 1. The number of rotatable bonds is 5. The molecule has 1 aromatic heterocycles. The number of amides is 1. The van der Waals surface area contributed by atoms with Gasteiger partial charge in [-0.05, 0) is 29.3 Å². The molecular weight excluding hydrogens is 333 g/mol. The van der Waals surface area contributed by atoms with Crippen LogP contribution in [0, 0.1) is 5.82 Å². The molecule has 0 N–H and O–H groups in total. The predicted octanol–water partition coefficient (Wildman–Crippen LogP) is 2.70. The Morgan fingerprint density at radius 2 is 1.69 bits per heavy atom. The molecule has 0 aliphatic carbocycles. The van der Waals surface area contributed by atoms with Crippen LogP contribution in [0.4, 0.5) is 4.39 Å². The van der Waals surface area contributed by atoms with E-state index in [0.29, 0.717) is 13.1 Å². The number of hydrogen-bond acceptors (Lipinski definition) is 3. The average molecular weight is 351 g/mol. The van der Waals surface area contributed by atoms with E-state index in [1.54, 1.807) is 19.2 Å². The molecule has 1 amide bonds. The molecule has 0 spiro atoms. The first-order valence-electron chi connectivity index (χ1n) is 8.15. The zero-order valence-corrected chi connectivity index (χ0v) is 14.3. The molecule has 0 aliphatic rings. The van der Waals surface area contributed by atoms with Crippen molar-refractivity contribution >= 4 is 5.91 Å². The third-order valence-electron chi connectivity index (χ3n) is 3.94. The van der Waals surface area contributed by atoms with Crippen LogP contribution >= 0.6 is 0 Å². The molecule has 3 aromatic rings. The zero-order chi connectivity index (χ0) is 18.5. The lowest BCUT2D eigenvalue weighted by atomic mass is 10.2. The molecule has 0 bridgehead atoms. The third-order valence-corrected chi connectivity index (χ3v) is 3.94. The van der Waals surface area contributed by atoms with Gasteiger partial charge in [-0.25, -0.2) is 9.07 Å². The highest BCUT2D eigenvalue weighted by Gasteiger charge is 2.15. The molecule has 6 heteroatoms. The van der Waals surface area contributed by atoms with Crippen molar-refractivity contribution < 1.29 is 9.18 Å². The van der Waals surface area contributed by atoms with Gasteiger partial charge in [0.2, 0.25) is 0 Å². The van der Waals surface area contributed by atoms with Gasteiger partial charge in [0.05, 0.1) is 6.54 Å². The monoisotopic (exact) mass is 351 g/mol. The van der Waals surface area contributed by atoms with Gasteiger partial charge in [0, 0.05) is 19.7 Å². The molecule has 2 aromatic carbocycles. The highest BCUT2D eigenvalue weighted by molar-refractivity contribution is 5.91.